The van der Waals surface area contributed by atoms with Crippen LogP contribution in [0.25, 0.3) is 0 Å². The van der Waals surface area contributed by atoms with Crippen molar-refractivity contribution in [1.29, 1.82) is 0 Å². The lowest BCUT2D eigenvalue weighted by molar-refractivity contribution is -0.140. The van der Waals surface area contributed by atoms with E-state index in [0.717, 1.165) is 6.42 Å². The first-order valence-electron chi connectivity index (χ1n) is 6.25. The van der Waals surface area contributed by atoms with E-state index < -0.39 is 32.5 Å². The summed E-state index contributed by atoms with van der Waals surface area (Å²) < 4.78 is 77.1. The first-order chi connectivity index (χ1) is 9.68. The van der Waals surface area contributed by atoms with Gasteiger partial charge in [-0.25, -0.2) is 17.5 Å². The van der Waals surface area contributed by atoms with Crippen LogP contribution in [0.15, 0.2) is 23.1 Å². The first-order valence-corrected chi connectivity index (χ1v) is 7.74. The average molecular weight is 328 g/mol. The van der Waals surface area contributed by atoms with Crippen LogP contribution in [0.3, 0.4) is 0 Å². The van der Waals surface area contributed by atoms with Crippen LogP contribution in [-0.4, -0.2) is 28.1 Å². The Morgan fingerprint density at radius 1 is 1.14 bits per heavy atom. The van der Waals surface area contributed by atoms with Crippen molar-refractivity contribution in [1.82, 2.24) is 10.0 Å². The van der Waals surface area contributed by atoms with Crippen LogP contribution < -0.4 is 10.0 Å². The summed E-state index contributed by atoms with van der Waals surface area (Å²) >= 11 is 0. The highest BCUT2D eigenvalue weighted by Gasteiger charge is 2.37. The molecule has 0 aliphatic heterocycles. The number of hydrogen-bond donors (Lipinski definition) is 2. The Balaban J connectivity index is 2.93. The smallest absolute Gasteiger partial charge is 0.315 e. The summed E-state index contributed by atoms with van der Waals surface area (Å²) in [6.07, 6.45) is -4.10. The van der Waals surface area contributed by atoms with Gasteiger partial charge < -0.3 is 5.32 Å². The fraction of sp³-hybridized carbons (Fsp3) is 0.500. The van der Waals surface area contributed by atoms with Crippen molar-refractivity contribution in [2.75, 3.05) is 19.6 Å². The number of rotatable bonds is 7. The Bertz CT molecular complexity index is 573. The summed E-state index contributed by atoms with van der Waals surface area (Å²) in [7, 11) is -4.35. The lowest BCUT2D eigenvalue weighted by Gasteiger charge is -2.14. The van der Waals surface area contributed by atoms with Gasteiger partial charge in [0.25, 0.3) is 0 Å². The second-order valence-corrected chi connectivity index (χ2v) is 6.02. The lowest BCUT2D eigenvalue weighted by Crippen LogP contribution is -2.33. The van der Waals surface area contributed by atoms with Crippen molar-refractivity contribution in [3.63, 3.8) is 0 Å². The second kappa shape index (κ2) is 7.19. The molecule has 0 amide bonds. The van der Waals surface area contributed by atoms with Gasteiger partial charge in [0.1, 0.15) is 5.82 Å². The average Bonchev–Trinajstić information content (AvgIpc) is 2.37. The molecule has 0 heterocycles. The van der Waals surface area contributed by atoms with Crippen molar-refractivity contribution < 1.29 is 26.0 Å². The summed E-state index contributed by atoms with van der Waals surface area (Å²) in [4.78, 5) is -0.980. The molecule has 9 heteroatoms. The van der Waals surface area contributed by atoms with Gasteiger partial charge in [-0.05, 0) is 31.2 Å². The Morgan fingerprint density at radius 3 is 2.38 bits per heavy atom. The van der Waals surface area contributed by atoms with Crippen LogP contribution >= 0.6 is 0 Å². The highest BCUT2D eigenvalue weighted by atomic mass is 32.2. The van der Waals surface area contributed by atoms with E-state index in [4.69, 9.17) is 0 Å². The summed E-state index contributed by atoms with van der Waals surface area (Å²) in [6, 6.07) is 1.46. The molecular weight excluding hydrogens is 312 g/mol. The molecule has 0 saturated carbocycles. The quantitative estimate of drug-likeness (QED) is 0.595. The van der Waals surface area contributed by atoms with E-state index >= 15 is 0 Å². The number of halogens is 4. The van der Waals surface area contributed by atoms with Gasteiger partial charge in [0.2, 0.25) is 10.0 Å². The van der Waals surface area contributed by atoms with E-state index in [-0.39, 0.29) is 19.2 Å². The van der Waals surface area contributed by atoms with Gasteiger partial charge in [-0.2, -0.15) is 13.2 Å². The fourth-order valence-electron chi connectivity index (χ4n) is 1.61. The Morgan fingerprint density at radius 2 is 1.81 bits per heavy atom. The Kier molecular flexibility index (Phi) is 6.11. The third kappa shape index (κ3) is 5.25. The highest BCUT2D eigenvalue weighted by Crippen LogP contribution is 2.34. The van der Waals surface area contributed by atoms with Gasteiger partial charge in [-0.1, -0.05) is 6.92 Å². The van der Waals surface area contributed by atoms with Gasteiger partial charge in [0, 0.05) is 13.1 Å². The predicted molar refractivity (Wildman–Crippen MR) is 69.8 cm³/mol. The molecule has 2 N–H and O–H groups in total. The van der Waals surface area contributed by atoms with Crippen LogP contribution in [0, 0.1) is 5.82 Å². The topological polar surface area (TPSA) is 58.2 Å². The van der Waals surface area contributed by atoms with Crippen LogP contribution in [0.1, 0.15) is 18.9 Å². The van der Waals surface area contributed by atoms with Crippen LogP contribution in [0.2, 0.25) is 0 Å². The van der Waals surface area contributed by atoms with Gasteiger partial charge in [-0.3, -0.25) is 0 Å². The van der Waals surface area contributed by atoms with Crippen molar-refractivity contribution >= 4 is 10.0 Å². The molecule has 0 bridgehead atoms. The molecule has 0 aliphatic rings. The molecule has 4 nitrogen and oxygen atoms in total. The second-order valence-electron chi connectivity index (χ2n) is 4.29. The maximum Gasteiger partial charge on any atom is 0.417 e. The fourth-order valence-corrected chi connectivity index (χ4v) is 2.85. The maximum absolute atomic E-state index is 12.9. The van der Waals surface area contributed by atoms with E-state index in [1.165, 1.54) is 0 Å². The molecule has 0 unspecified atom stereocenters. The number of hydrogen-bond acceptors (Lipinski definition) is 3. The molecule has 0 aromatic heterocycles. The minimum atomic E-state index is -4.95. The predicted octanol–water partition coefficient (Wildman–Crippen LogP) is 2.12. The number of sulfonamides is 1. The molecule has 0 radical (unpaired) electrons. The van der Waals surface area contributed by atoms with Crippen molar-refractivity contribution in [3.05, 3.63) is 29.6 Å². The zero-order chi connectivity index (χ0) is 16.1. The summed E-state index contributed by atoms with van der Waals surface area (Å²) in [5.74, 6) is -1.15. The molecule has 0 aliphatic carbocycles. The molecule has 1 aromatic rings. The third-order valence-corrected chi connectivity index (χ3v) is 4.08. The Hall–Kier alpha value is -1.19. The molecule has 0 atom stereocenters. The summed E-state index contributed by atoms with van der Waals surface area (Å²) in [6.45, 7) is 2.82. The monoisotopic (exact) mass is 328 g/mol. The molecule has 120 valence electrons. The van der Waals surface area contributed by atoms with Crippen LogP contribution in [0.4, 0.5) is 17.6 Å². The Labute approximate surface area is 120 Å². The van der Waals surface area contributed by atoms with Crippen molar-refractivity contribution in [3.8, 4) is 0 Å². The number of benzene rings is 1. The van der Waals surface area contributed by atoms with E-state index in [2.05, 4.69) is 10.0 Å². The molecule has 1 aromatic carbocycles. The highest BCUT2D eigenvalue weighted by molar-refractivity contribution is 7.89. The largest absolute Gasteiger partial charge is 0.417 e. The molecule has 1 rings (SSSR count). The normalized spacial score (nSPS) is 12.6. The van der Waals surface area contributed by atoms with Gasteiger partial charge in [0.15, 0.2) is 0 Å². The minimum Gasteiger partial charge on any atom is -0.315 e. The van der Waals surface area contributed by atoms with Gasteiger partial charge >= 0.3 is 6.18 Å². The molecule has 0 saturated heterocycles. The van der Waals surface area contributed by atoms with E-state index in [0.29, 0.717) is 18.7 Å². The minimum absolute atomic E-state index is 0.0585. The lowest BCUT2D eigenvalue weighted by atomic mass is 10.2. The van der Waals surface area contributed by atoms with E-state index in [1.54, 1.807) is 0 Å². The molecule has 0 spiro atoms. The maximum atomic E-state index is 12.9. The van der Waals surface area contributed by atoms with Crippen LogP contribution in [0.5, 0.6) is 0 Å². The summed E-state index contributed by atoms with van der Waals surface area (Å²) in [5.41, 5.74) is -1.52. The molecular formula is C12H16F4N2O2S. The SMILES string of the molecule is CCCNCCNS(=O)(=O)c1ccc(F)cc1C(F)(F)F. The van der Waals surface area contributed by atoms with E-state index in [9.17, 15) is 26.0 Å². The van der Waals surface area contributed by atoms with Crippen molar-refractivity contribution in [2.24, 2.45) is 0 Å². The van der Waals surface area contributed by atoms with E-state index in [1.807, 2.05) is 6.92 Å². The number of nitrogens with one attached hydrogen (secondary N) is 2. The van der Waals surface area contributed by atoms with Gasteiger partial charge in [-0.15, -0.1) is 0 Å². The molecule has 21 heavy (non-hydrogen) atoms. The third-order valence-electron chi connectivity index (χ3n) is 2.56. The first kappa shape index (κ1) is 17.9. The number of alkyl halides is 3. The van der Waals surface area contributed by atoms with Crippen molar-refractivity contribution in [2.45, 2.75) is 24.4 Å². The standard InChI is InChI=1S/C12H16F4N2O2S/c1-2-5-17-6-7-18-21(19,20)11-4-3-9(13)8-10(11)12(14,15)16/h3-4,8,17-18H,2,5-7H2,1H3. The molecule has 0 fully saturated rings. The van der Waals surface area contributed by atoms with Gasteiger partial charge in [0.05, 0.1) is 10.5 Å². The van der Waals surface area contributed by atoms with Crippen LogP contribution in [-0.2, 0) is 16.2 Å². The summed E-state index contributed by atoms with van der Waals surface area (Å²) in [5, 5.41) is 2.90. The zero-order valence-corrected chi connectivity index (χ0v) is 12.1. The zero-order valence-electron chi connectivity index (χ0n) is 11.3.